The minimum absolute atomic E-state index is 0.0331. The smallest absolute Gasteiger partial charge is 0.134 e. The van der Waals surface area contributed by atoms with Crippen LogP contribution in [0.2, 0.25) is 0 Å². The first-order valence-corrected chi connectivity index (χ1v) is 7.26. The number of benzene rings is 2. The summed E-state index contributed by atoms with van der Waals surface area (Å²) < 4.78 is 0. The zero-order valence-electron chi connectivity index (χ0n) is 9.54. The molecule has 0 amide bonds. The SMILES string of the molecule is N#CSCC(SC#N)c1cccc2ccccc12. The maximum atomic E-state index is 8.89. The molecule has 2 aromatic rings. The lowest BCUT2D eigenvalue weighted by molar-refractivity contribution is 1.14. The van der Waals surface area contributed by atoms with Gasteiger partial charge in [-0.05, 0) is 39.9 Å². The lowest BCUT2D eigenvalue weighted by atomic mass is 10.0. The Kier molecular flexibility index (Phi) is 4.52. The predicted molar refractivity (Wildman–Crippen MR) is 78.0 cm³/mol. The number of hydrogen-bond donors (Lipinski definition) is 0. The van der Waals surface area contributed by atoms with Crippen LogP contribution in [-0.4, -0.2) is 5.75 Å². The molecule has 1 atom stereocenters. The molecule has 0 aliphatic heterocycles. The number of fused-ring (bicyclic) bond motifs is 1. The Morgan fingerprint density at radius 2 is 1.78 bits per heavy atom. The second-order valence-electron chi connectivity index (χ2n) is 3.67. The third-order valence-corrected chi connectivity index (χ3v) is 4.32. The Morgan fingerprint density at radius 3 is 2.56 bits per heavy atom. The molecule has 0 heterocycles. The second kappa shape index (κ2) is 6.35. The van der Waals surface area contributed by atoms with Crippen molar-refractivity contribution in [2.45, 2.75) is 5.25 Å². The fraction of sp³-hybridized carbons (Fsp3) is 0.143. The summed E-state index contributed by atoms with van der Waals surface area (Å²) in [6.45, 7) is 0. The van der Waals surface area contributed by atoms with Gasteiger partial charge in [0, 0.05) is 5.75 Å². The molecule has 0 fully saturated rings. The number of nitriles is 2. The van der Waals surface area contributed by atoms with Crippen molar-refractivity contribution in [2.24, 2.45) is 0 Å². The normalized spacial score (nSPS) is 11.7. The molecule has 0 aliphatic rings. The van der Waals surface area contributed by atoms with Crippen LogP contribution in [0.15, 0.2) is 42.5 Å². The molecule has 18 heavy (non-hydrogen) atoms. The van der Waals surface area contributed by atoms with Gasteiger partial charge in [0.1, 0.15) is 10.8 Å². The van der Waals surface area contributed by atoms with Crippen LogP contribution in [-0.2, 0) is 0 Å². The molecule has 2 aromatic carbocycles. The summed E-state index contributed by atoms with van der Waals surface area (Å²) in [5.74, 6) is 0.628. The topological polar surface area (TPSA) is 47.6 Å². The summed E-state index contributed by atoms with van der Waals surface area (Å²) in [6.07, 6.45) is 0. The van der Waals surface area contributed by atoms with E-state index in [-0.39, 0.29) is 5.25 Å². The van der Waals surface area contributed by atoms with Gasteiger partial charge in [-0.25, -0.2) is 0 Å². The van der Waals surface area contributed by atoms with E-state index in [9.17, 15) is 0 Å². The average Bonchev–Trinajstić information content (AvgIpc) is 2.43. The number of rotatable bonds is 4. The standard InChI is InChI=1S/C14H10N2S2/c15-9-17-8-14(18-10-16)13-7-3-5-11-4-1-2-6-12(11)13/h1-7,14H,8H2. The van der Waals surface area contributed by atoms with Crippen molar-refractivity contribution in [3.05, 3.63) is 48.0 Å². The molecule has 0 N–H and O–H groups in total. The Labute approximate surface area is 115 Å². The minimum Gasteiger partial charge on any atom is -0.185 e. The van der Waals surface area contributed by atoms with Crippen molar-refractivity contribution < 1.29 is 0 Å². The first-order valence-electron chi connectivity index (χ1n) is 5.40. The first-order chi connectivity index (χ1) is 8.86. The molecule has 2 rings (SSSR count). The molecule has 2 nitrogen and oxygen atoms in total. The lowest BCUT2D eigenvalue weighted by Gasteiger charge is -2.13. The summed E-state index contributed by atoms with van der Waals surface area (Å²) >= 11 is 2.41. The van der Waals surface area contributed by atoms with Crippen molar-refractivity contribution in [3.63, 3.8) is 0 Å². The molecule has 0 saturated heterocycles. The molecule has 1 unspecified atom stereocenters. The monoisotopic (exact) mass is 270 g/mol. The molecular formula is C14H10N2S2. The van der Waals surface area contributed by atoms with E-state index in [4.69, 9.17) is 10.5 Å². The third kappa shape index (κ3) is 2.79. The zero-order chi connectivity index (χ0) is 12.8. The van der Waals surface area contributed by atoms with Crippen LogP contribution in [0, 0.1) is 21.3 Å². The molecular weight excluding hydrogens is 260 g/mol. The van der Waals surface area contributed by atoms with Gasteiger partial charge in [-0.2, -0.15) is 10.5 Å². The van der Waals surface area contributed by atoms with E-state index in [1.165, 1.54) is 28.9 Å². The number of hydrogen-bond acceptors (Lipinski definition) is 4. The highest BCUT2D eigenvalue weighted by atomic mass is 32.2. The van der Waals surface area contributed by atoms with Crippen molar-refractivity contribution in [3.8, 4) is 10.8 Å². The largest absolute Gasteiger partial charge is 0.185 e. The van der Waals surface area contributed by atoms with Crippen LogP contribution >= 0.6 is 23.5 Å². The Balaban J connectivity index is 2.44. The van der Waals surface area contributed by atoms with Crippen LogP contribution in [0.1, 0.15) is 10.8 Å². The van der Waals surface area contributed by atoms with Gasteiger partial charge < -0.3 is 0 Å². The van der Waals surface area contributed by atoms with Crippen LogP contribution < -0.4 is 0 Å². The Bertz CT molecular complexity index is 620. The Hall–Kier alpha value is -1.62. The molecule has 0 aliphatic carbocycles. The van der Waals surface area contributed by atoms with Crippen LogP contribution in [0.3, 0.4) is 0 Å². The highest BCUT2D eigenvalue weighted by Gasteiger charge is 2.15. The van der Waals surface area contributed by atoms with Gasteiger partial charge in [0.2, 0.25) is 0 Å². The van der Waals surface area contributed by atoms with Crippen molar-refractivity contribution >= 4 is 34.3 Å². The fourth-order valence-corrected chi connectivity index (χ4v) is 3.24. The van der Waals surface area contributed by atoms with E-state index in [1.807, 2.05) is 24.3 Å². The Morgan fingerprint density at radius 1 is 1.00 bits per heavy atom. The van der Waals surface area contributed by atoms with Gasteiger partial charge in [-0.3, -0.25) is 0 Å². The molecule has 0 radical (unpaired) electrons. The molecule has 0 saturated carbocycles. The number of nitrogens with zero attached hydrogens (tertiary/aromatic N) is 2. The maximum Gasteiger partial charge on any atom is 0.134 e. The van der Waals surface area contributed by atoms with E-state index in [1.54, 1.807) is 0 Å². The predicted octanol–water partition coefficient (Wildman–Crippen LogP) is 4.31. The molecule has 88 valence electrons. The van der Waals surface area contributed by atoms with E-state index >= 15 is 0 Å². The average molecular weight is 270 g/mol. The van der Waals surface area contributed by atoms with Crippen LogP contribution in [0.25, 0.3) is 10.8 Å². The molecule has 0 bridgehead atoms. The van der Waals surface area contributed by atoms with Crippen LogP contribution in [0.4, 0.5) is 0 Å². The highest BCUT2D eigenvalue weighted by molar-refractivity contribution is 8.07. The highest BCUT2D eigenvalue weighted by Crippen LogP contribution is 2.35. The van der Waals surface area contributed by atoms with Crippen molar-refractivity contribution in [1.29, 1.82) is 10.5 Å². The van der Waals surface area contributed by atoms with Gasteiger partial charge in [0.05, 0.1) is 5.25 Å². The van der Waals surface area contributed by atoms with Gasteiger partial charge >= 0.3 is 0 Å². The second-order valence-corrected chi connectivity index (χ2v) is 5.46. The van der Waals surface area contributed by atoms with E-state index in [0.717, 1.165) is 10.9 Å². The maximum absolute atomic E-state index is 8.89. The third-order valence-electron chi connectivity index (χ3n) is 2.66. The van der Waals surface area contributed by atoms with Crippen LogP contribution in [0.5, 0.6) is 0 Å². The number of thioether (sulfide) groups is 2. The van der Waals surface area contributed by atoms with E-state index in [2.05, 4.69) is 29.0 Å². The minimum atomic E-state index is 0.0331. The summed E-state index contributed by atoms with van der Waals surface area (Å²) in [6, 6.07) is 14.2. The van der Waals surface area contributed by atoms with E-state index in [0.29, 0.717) is 5.75 Å². The lowest BCUT2D eigenvalue weighted by Crippen LogP contribution is -1.97. The number of thiocyanates is 2. The van der Waals surface area contributed by atoms with E-state index < -0.39 is 0 Å². The fourth-order valence-electron chi connectivity index (χ4n) is 1.90. The van der Waals surface area contributed by atoms with Gasteiger partial charge in [-0.15, -0.1) is 0 Å². The molecule has 0 aromatic heterocycles. The zero-order valence-corrected chi connectivity index (χ0v) is 11.2. The van der Waals surface area contributed by atoms with Gasteiger partial charge in [0.25, 0.3) is 0 Å². The summed E-state index contributed by atoms with van der Waals surface area (Å²) in [7, 11) is 0. The molecule has 0 spiro atoms. The van der Waals surface area contributed by atoms with Crippen molar-refractivity contribution in [2.75, 3.05) is 5.75 Å². The summed E-state index contributed by atoms with van der Waals surface area (Å²) in [5, 5.41) is 24.1. The molecule has 4 heteroatoms. The first kappa shape index (κ1) is 12.8. The van der Waals surface area contributed by atoms with Crippen molar-refractivity contribution in [1.82, 2.24) is 0 Å². The summed E-state index contributed by atoms with van der Waals surface area (Å²) in [4.78, 5) is 0. The summed E-state index contributed by atoms with van der Waals surface area (Å²) in [5.41, 5.74) is 1.13. The van der Waals surface area contributed by atoms with Gasteiger partial charge in [0.15, 0.2) is 0 Å². The quantitative estimate of drug-likeness (QED) is 0.777. The van der Waals surface area contributed by atoms with Gasteiger partial charge in [-0.1, -0.05) is 42.5 Å².